The smallest absolute Gasteiger partial charge is 0.258 e. The second-order valence-corrected chi connectivity index (χ2v) is 5.26. The topological polar surface area (TPSA) is 54.0 Å². The van der Waals surface area contributed by atoms with Crippen LogP contribution in [0, 0.1) is 9.39 Å². The van der Waals surface area contributed by atoms with Gasteiger partial charge >= 0.3 is 0 Å². The zero-order valence-corrected chi connectivity index (χ0v) is 12.9. The SMILES string of the molecule is CCNc1nccc(C(=O)Nc2ccc(I)cc2)c1F. The van der Waals surface area contributed by atoms with E-state index in [4.69, 9.17) is 0 Å². The Bertz CT molecular complexity index is 616. The Morgan fingerprint density at radius 3 is 2.65 bits per heavy atom. The molecule has 0 spiro atoms. The maximum atomic E-state index is 14.1. The van der Waals surface area contributed by atoms with Gasteiger partial charge in [0.1, 0.15) is 0 Å². The number of hydrogen-bond acceptors (Lipinski definition) is 3. The van der Waals surface area contributed by atoms with Crippen molar-refractivity contribution in [3.8, 4) is 0 Å². The number of nitrogens with zero attached hydrogens (tertiary/aromatic N) is 1. The van der Waals surface area contributed by atoms with Crippen LogP contribution in [0.5, 0.6) is 0 Å². The molecule has 2 N–H and O–H groups in total. The minimum Gasteiger partial charge on any atom is -0.368 e. The molecule has 0 fully saturated rings. The van der Waals surface area contributed by atoms with Gasteiger partial charge in [0.05, 0.1) is 5.56 Å². The van der Waals surface area contributed by atoms with E-state index >= 15 is 0 Å². The quantitative estimate of drug-likeness (QED) is 0.793. The van der Waals surface area contributed by atoms with E-state index in [1.54, 1.807) is 12.1 Å². The summed E-state index contributed by atoms with van der Waals surface area (Å²) in [4.78, 5) is 15.9. The Hall–Kier alpha value is -1.70. The molecule has 0 bridgehead atoms. The number of nitrogens with one attached hydrogen (secondary N) is 2. The summed E-state index contributed by atoms with van der Waals surface area (Å²) in [6, 6.07) is 8.62. The van der Waals surface area contributed by atoms with Crippen LogP contribution in [0.15, 0.2) is 36.5 Å². The maximum Gasteiger partial charge on any atom is 0.258 e. The van der Waals surface area contributed by atoms with Crippen molar-refractivity contribution in [1.29, 1.82) is 0 Å². The molecular weight excluding hydrogens is 372 g/mol. The lowest BCUT2D eigenvalue weighted by Crippen LogP contribution is -2.15. The lowest BCUT2D eigenvalue weighted by atomic mass is 10.2. The number of hydrogen-bond donors (Lipinski definition) is 2. The van der Waals surface area contributed by atoms with E-state index in [0.29, 0.717) is 12.2 Å². The molecule has 4 nitrogen and oxygen atoms in total. The highest BCUT2D eigenvalue weighted by Crippen LogP contribution is 2.17. The number of carbonyl (C=O) groups excluding carboxylic acids is 1. The fraction of sp³-hybridized carbons (Fsp3) is 0.143. The third-order valence-corrected chi connectivity index (χ3v) is 3.30. The van der Waals surface area contributed by atoms with Crippen molar-refractivity contribution in [2.24, 2.45) is 0 Å². The van der Waals surface area contributed by atoms with Crippen LogP contribution >= 0.6 is 22.6 Å². The zero-order chi connectivity index (χ0) is 14.5. The molecule has 20 heavy (non-hydrogen) atoms. The Morgan fingerprint density at radius 2 is 2.00 bits per heavy atom. The number of carbonyl (C=O) groups is 1. The molecule has 0 unspecified atom stereocenters. The van der Waals surface area contributed by atoms with Gasteiger partial charge in [-0.05, 0) is 59.8 Å². The van der Waals surface area contributed by atoms with Crippen molar-refractivity contribution in [2.75, 3.05) is 17.2 Å². The summed E-state index contributed by atoms with van der Waals surface area (Å²) >= 11 is 2.17. The van der Waals surface area contributed by atoms with Crippen molar-refractivity contribution in [2.45, 2.75) is 6.92 Å². The summed E-state index contributed by atoms with van der Waals surface area (Å²) in [6.45, 7) is 2.37. The van der Waals surface area contributed by atoms with Gasteiger partial charge in [0, 0.05) is 22.0 Å². The van der Waals surface area contributed by atoms with E-state index in [9.17, 15) is 9.18 Å². The molecule has 0 aliphatic rings. The molecule has 0 aliphatic carbocycles. The van der Waals surface area contributed by atoms with Crippen LogP contribution in [0.3, 0.4) is 0 Å². The van der Waals surface area contributed by atoms with Gasteiger partial charge < -0.3 is 10.6 Å². The molecule has 1 amide bonds. The average Bonchev–Trinajstić information content (AvgIpc) is 2.44. The molecule has 0 radical (unpaired) electrons. The normalized spacial score (nSPS) is 10.2. The van der Waals surface area contributed by atoms with Crippen LogP contribution in [0.25, 0.3) is 0 Å². The van der Waals surface area contributed by atoms with E-state index in [0.717, 1.165) is 3.57 Å². The maximum absolute atomic E-state index is 14.1. The van der Waals surface area contributed by atoms with Crippen molar-refractivity contribution in [3.63, 3.8) is 0 Å². The van der Waals surface area contributed by atoms with Gasteiger partial charge in [-0.2, -0.15) is 0 Å². The minimum atomic E-state index is -0.641. The molecule has 1 heterocycles. The first-order chi connectivity index (χ1) is 9.61. The summed E-state index contributed by atoms with van der Waals surface area (Å²) in [7, 11) is 0. The number of halogens is 2. The van der Waals surface area contributed by atoms with E-state index < -0.39 is 11.7 Å². The van der Waals surface area contributed by atoms with Crippen molar-refractivity contribution in [1.82, 2.24) is 4.98 Å². The van der Waals surface area contributed by atoms with Crippen LogP contribution in [0.2, 0.25) is 0 Å². The van der Waals surface area contributed by atoms with Gasteiger partial charge in [0.25, 0.3) is 5.91 Å². The predicted octanol–water partition coefficient (Wildman–Crippen LogP) is 3.51. The molecular formula is C14H13FIN3O. The molecule has 104 valence electrons. The number of aromatic nitrogens is 1. The second-order valence-electron chi connectivity index (χ2n) is 4.01. The summed E-state index contributed by atoms with van der Waals surface area (Å²) in [5.74, 6) is -1.05. The number of anilines is 2. The van der Waals surface area contributed by atoms with Crippen molar-refractivity contribution < 1.29 is 9.18 Å². The number of rotatable bonds is 4. The van der Waals surface area contributed by atoms with E-state index in [1.807, 2.05) is 19.1 Å². The van der Waals surface area contributed by atoms with Gasteiger partial charge in [-0.3, -0.25) is 4.79 Å². The summed E-state index contributed by atoms with van der Waals surface area (Å²) in [5, 5.41) is 5.43. The standard InChI is InChI=1S/C14H13FIN3O/c1-2-17-13-12(15)11(7-8-18-13)14(20)19-10-5-3-9(16)4-6-10/h3-8H,2H2,1H3,(H,17,18)(H,19,20). The lowest BCUT2D eigenvalue weighted by Gasteiger charge is -2.09. The van der Waals surface area contributed by atoms with Gasteiger partial charge in [-0.15, -0.1) is 0 Å². The summed E-state index contributed by atoms with van der Waals surface area (Å²) < 4.78 is 15.2. The highest BCUT2D eigenvalue weighted by atomic mass is 127. The van der Waals surface area contributed by atoms with Gasteiger partial charge in [-0.1, -0.05) is 0 Å². The third-order valence-electron chi connectivity index (χ3n) is 2.58. The Morgan fingerprint density at radius 1 is 1.30 bits per heavy atom. The van der Waals surface area contributed by atoms with Crippen LogP contribution < -0.4 is 10.6 Å². The number of amides is 1. The Kier molecular flexibility index (Phi) is 4.89. The van der Waals surface area contributed by atoms with Gasteiger partial charge in [0.15, 0.2) is 11.6 Å². The number of pyridine rings is 1. The molecule has 0 saturated carbocycles. The van der Waals surface area contributed by atoms with Crippen molar-refractivity contribution in [3.05, 3.63) is 51.5 Å². The highest BCUT2D eigenvalue weighted by molar-refractivity contribution is 14.1. The van der Waals surface area contributed by atoms with E-state index in [2.05, 4.69) is 38.2 Å². The first-order valence-corrected chi connectivity index (χ1v) is 7.15. The second kappa shape index (κ2) is 6.65. The molecule has 0 aliphatic heterocycles. The van der Waals surface area contributed by atoms with Crippen LogP contribution in [-0.2, 0) is 0 Å². The molecule has 2 rings (SSSR count). The molecule has 2 aromatic rings. The molecule has 6 heteroatoms. The fourth-order valence-corrected chi connectivity index (χ4v) is 2.00. The summed E-state index contributed by atoms with van der Waals surface area (Å²) in [5.41, 5.74) is 0.589. The van der Waals surface area contributed by atoms with Crippen LogP contribution in [0.1, 0.15) is 17.3 Å². The predicted molar refractivity (Wildman–Crippen MR) is 85.5 cm³/mol. The largest absolute Gasteiger partial charge is 0.368 e. The van der Waals surface area contributed by atoms with Gasteiger partial charge in [-0.25, -0.2) is 9.37 Å². The summed E-state index contributed by atoms with van der Waals surface area (Å²) in [6.07, 6.45) is 1.41. The Labute approximate surface area is 129 Å². The van der Waals surface area contributed by atoms with Crippen LogP contribution in [0.4, 0.5) is 15.9 Å². The first-order valence-electron chi connectivity index (χ1n) is 6.07. The van der Waals surface area contributed by atoms with E-state index in [-0.39, 0.29) is 11.4 Å². The molecule has 0 atom stereocenters. The van der Waals surface area contributed by atoms with Crippen molar-refractivity contribution >= 4 is 40.0 Å². The highest BCUT2D eigenvalue weighted by Gasteiger charge is 2.15. The Balaban J connectivity index is 2.21. The minimum absolute atomic E-state index is 0.0329. The molecule has 1 aromatic carbocycles. The first kappa shape index (κ1) is 14.7. The van der Waals surface area contributed by atoms with E-state index in [1.165, 1.54) is 12.3 Å². The monoisotopic (exact) mass is 385 g/mol. The molecule has 1 aromatic heterocycles. The third kappa shape index (κ3) is 3.44. The van der Waals surface area contributed by atoms with Crippen LogP contribution in [-0.4, -0.2) is 17.4 Å². The number of benzene rings is 1. The zero-order valence-electron chi connectivity index (χ0n) is 10.8. The average molecular weight is 385 g/mol. The molecule has 0 saturated heterocycles. The fourth-order valence-electron chi connectivity index (χ4n) is 1.64. The lowest BCUT2D eigenvalue weighted by molar-refractivity contribution is 0.102. The van der Waals surface area contributed by atoms with Gasteiger partial charge in [0.2, 0.25) is 0 Å².